The molecule has 0 radical (unpaired) electrons. The number of benzene rings is 1. The lowest BCUT2D eigenvalue weighted by Crippen LogP contribution is -2.13. The molecule has 100 valence electrons. The first kappa shape index (κ1) is 13.8. The van der Waals surface area contributed by atoms with E-state index in [-0.39, 0.29) is 0 Å². The molecule has 2 rings (SSSR count). The Balaban J connectivity index is 2.40. The van der Waals surface area contributed by atoms with E-state index >= 15 is 0 Å². The number of nitrogens with two attached hydrogens (primary N) is 1. The minimum atomic E-state index is 0.341. The fraction of sp³-hybridized carbons (Fsp3) is 0.267. The maximum Gasteiger partial charge on any atom is 0.133 e. The number of aryl methyl sites for hydroxylation is 2. The highest BCUT2D eigenvalue weighted by molar-refractivity contribution is 6.31. The van der Waals surface area contributed by atoms with Crippen molar-refractivity contribution in [1.29, 1.82) is 0 Å². The highest BCUT2D eigenvalue weighted by atomic mass is 35.5. The molecule has 4 heteroatoms. The summed E-state index contributed by atoms with van der Waals surface area (Å²) < 4.78 is 0. The van der Waals surface area contributed by atoms with E-state index in [0.29, 0.717) is 11.6 Å². The Kier molecular flexibility index (Phi) is 4.08. The topological polar surface area (TPSA) is 42.1 Å². The maximum atomic E-state index is 6.04. The van der Waals surface area contributed by atoms with E-state index in [2.05, 4.69) is 37.0 Å². The Morgan fingerprint density at radius 1 is 1.16 bits per heavy atom. The molecule has 3 nitrogen and oxygen atoms in total. The van der Waals surface area contributed by atoms with Crippen LogP contribution in [0, 0.1) is 13.8 Å². The van der Waals surface area contributed by atoms with Crippen LogP contribution < -0.4 is 10.6 Å². The summed E-state index contributed by atoms with van der Waals surface area (Å²) in [7, 11) is 1.99. The summed E-state index contributed by atoms with van der Waals surface area (Å²) in [6.07, 6.45) is 0. The van der Waals surface area contributed by atoms with Gasteiger partial charge in [0.2, 0.25) is 0 Å². The van der Waals surface area contributed by atoms with Crippen molar-refractivity contribution >= 4 is 23.1 Å². The standard InChI is InChI=1S/C15H18ClN3/c1-10-6-11(2)8-12(7-10)19(3)15-5-4-13(16)14(9-17)18-15/h4-8H,9,17H2,1-3H3. The Bertz CT molecular complexity index is 576. The maximum absolute atomic E-state index is 6.04. The molecule has 0 spiro atoms. The third-order valence-corrected chi connectivity index (χ3v) is 3.38. The number of hydrogen-bond donors (Lipinski definition) is 1. The van der Waals surface area contributed by atoms with Crippen molar-refractivity contribution in [3.8, 4) is 0 Å². The molecule has 0 fully saturated rings. The smallest absolute Gasteiger partial charge is 0.133 e. The lowest BCUT2D eigenvalue weighted by molar-refractivity contribution is 0.974. The quantitative estimate of drug-likeness (QED) is 0.931. The van der Waals surface area contributed by atoms with E-state index in [1.165, 1.54) is 11.1 Å². The van der Waals surface area contributed by atoms with Crippen LogP contribution in [0.4, 0.5) is 11.5 Å². The van der Waals surface area contributed by atoms with Crippen LogP contribution in [-0.2, 0) is 6.54 Å². The monoisotopic (exact) mass is 275 g/mol. The minimum Gasteiger partial charge on any atom is -0.329 e. The van der Waals surface area contributed by atoms with Crippen LogP contribution in [0.3, 0.4) is 0 Å². The van der Waals surface area contributed by atoms with E-state index in [1.807, 2.05) is 24.1 Å². The summed E-state index contributed by atoms with van der Waals surface area (Å²) in [5.74, 6) is 0.842. The van der Waals surface area contributed by atoms with Crippen molar-refractivity contribution in [3.63, 3.8) is 0 Å². The molecule has 0 atom stereocenters. The lowest BCUT2D eigenvalue weighted by atomic mass is 10.1. The largest absolute Gasteiger partial charge is 0.329 e. The third kappa shape index (κ3) is 3.06. The van der Waals surface area contributed by atoms with Crippen LogP contribution in [0.1, 0.15) is 16.8 Å². The van der Waals surface area contributed by atoms with Crippen LogP contribution in [-0.4, -0.2) is 12.0 Å². The average Bonchev–Trinajstić information content (AvgIpc) is 2.37. The van der Waals surface area contributed by atoms with Gasteiger partial charge in [-0.3, -0.25) is 0 Å². The van der Waals surface area contributed by atoms with Crippen molar-refractivity contribution in [1.82, 2.24) is 4.98 Å². The molecule has 2 N–H and O–H groups in total. The average molecular weight is 276 g/mol. The number of rotatable bonds is 3. The zero-order valence-corrected chi connectivity index (χ0v) is 12.2. The van der Waals surface area contributed by atoms with Crippen LogP contribution in [0.2, 0.25) is 5.02 Å². The number of aromatic nitrogens is 1. The van der Waals surface area contributed by atoms with Gasteiger partial charge in [0, 0.05) is 19.3 Å². The summed E-state index contributed by atoms with van der Waals surface area (Å²) >= 11 is 6.04. The molecule has 0 amide bonds. The molecular formula is C15H18ClN3. The number of halogens is 1. The number of pyridine rings is 1. The Morgan fingerprint density at radius 2 is 1.79 bits per heavy atom. The van der Waals surface area contributed by atoms with Gasteiger partial charge in [-0.25, -0.2) is 4.98 Å². The molecule has 0 saturated carbocycles. The summed E-state index contributed by atoms with van der Waals surface area (Å²) in [6.45, 7) is 4.52. The van der Waals surface area contributed by atoms with Crippen molar-refractivity contribution in [2.24, 2.45) is 5.73 Å². The SMILES string of the molecule is Cc1cc(C)cc(N(C)c2ccc(Cl)c(CN)n2)c1. The van der Waals surface area contributed by atoms with E-state index in [4.69, 9.17) is 17.3 Å². The number of nitrogens with zero attached hydrogens (tertiary/aromatic N) is 2. The summed E-state index contributed by atoms with van der Waals surface area (Å²) in [4.78, 5) is 6.53. The van der Waals surface area contributed by atoms with Crippen molar-refractivity contribution in [2.75, 3.05) is 11.9 Å². The second kappa shape index (κ2) is 5.59. The van der Waals surface area contributed by atoms with Crippen molar-refractivity contribution in [2.45, 2.75) is 20.4 Å². The normalized spacial score (nSPS) is 10.6. The van der Waals surface area contributed by atoms with Gasteiger partial charge in [0.1, 0.15) is 5.82 Å². The van der Waals surface area contributed by atoms with Gasteiger partial charge in [0.05, 0.1) is 10.7 Å². The molecular weight excluding hydrogens is 258 g/mol. The minimum absolute atomic E-state index is 0.341. The molecule has 0 aliphatic carbocycles. The Hall–Kier alpha value is -1.58. The first-order chi connectivity index (χ1) is 9.01. The highest BCUT2D eigenvalue weighted by Gasteiger charge is 2.09. The van der Waals surface area contributed by atoms with Crippen molar-refractivity contribution in [3.05, 3.63) is 52.2 Å². The molecule has 0 unspecified atom stereocenters. The van der Waals surface area contributed by atoms with Gasteiger partial charge in [-0.05, 0) is 49.2 Å². The zero-order chi connectivity index (χ0) is 14.0. The van der Waals surface area contributed by atoms with Crippen LogP contribution in [0.5, 0.6) is 0 Å². The number of hydrogen-bond acceptors (Lipinski definition) is 3. The molecule has 0 bridgehead atoms. The van der Waals surface area contributed by atoms with Gasteiger partial charge in [-0.15, -0.1) is 0 Å². The Labute approximate surface area is 119 Å². The van der Waals surface area contributed by atoms with Gasteiger partial charge in [-0.2, -0.15) is 0 Å². The second-order valence-electron chi connectivity index (χ2n) is 4.71. The second-order valence-corrected chi connectivity index (χ2v) is 5.11. The molecule has 0 aliphatic rings. The molecule has 2 aromatic rings. The van der Waals surface area contributed by atoms with E-state index in [1.54, 1.807) is 0 Å². The molecule has 19 heavy (non-hydrogen) atoms. The van der Waals surface area contributed by atoms with Crippen LogP contribution in [0.25, 0.3) is 0 Å². The van der Waals surface area contributed by atoms with Gasteiger partial charge >= 0.3 is 0 Å². The molecule has 0 saturated heterocycles. The van der Waals surface area contributed by atoms with Gasteiger partial charge in [-0.1, -0.05) is 17.7 Å². The lowest BCUT2D eigenvalue weighted by Gasteiger charge is -2.20. The van der Waals surface area contributed by atoms with Gasteiger partial charge in [0.15, 0.2) is 0 Å². The first-order valence-corrected chi connectivity index (χ1v) is 6.56. The van der Waals surface area contributed by atoms with E-state index in [0.717, 1.165) is 17.2 Å². The van der Waals surface area contributed by atoms with Gasteiger partial charge < -0.3 is 10.6 Å². The molecule has 1 aromatic heterocycles. The molecule has 1 heterocycles. The highest BCUT2D eigenvalue weighted by Crippen LogP contribution is 2.26. The van der Waals surface area contributed by atoms with E-state index < -0.39 is 0 Å². The van der Waals surface area contributed by atoms with E-state index in [9.17, 15) is 0 Å². The summed E-state index contributed by atoms with van der Waals surface area (Å²) in [6, 6.07) is 10.2. The predicted molar refractivity (Wildman–Crippen MR) is 81.1 cm³/mol. The zero-order valence-electron chi connectivity index (χ0n) is 11.4. The fourth-order valence-corrected chi connectivity index (χ4v) is 2.26. The molecule has 0 aliphatic heterocycles. The van der Waals surface area contributed by atoms with Crippen LogP contribution >= 0.6 is 11.6 Å². The predicted octanol–water partition coefficient (Wildman–Crippen LogP) is 3.58. The third-order valence-electron chi connectivity index (χ3n) is 3.03. The summed E-state index contributed by atoms with van der Waals surface area (Å²) in [5, 5.41) is 0.611. The van der Waals surface area contributed by atoms with Crippen molar-refractivity contribution < 1.29 is 0 Å². The first-order valence-electron chi connectivity index (χ1n) is 6.19. The van der Waals surface area contributed by atoms with Gasteiger partial charge in [0.25, 0.3) is 0 Å². The van der Waals surface area contributed by atoms with Crippen LogP contribution in [0.15, 0.2) is 30.3 Å². The summed E-state index contributed by atoms with van der Waals surface area (Å²) in [5.41, 5.74) is 9.93. The fourth-order valence-electron chi connectivity index (χ4n) is 2.08. The Morgan fingerprint density at radius 3 is 2.37 bits per heavy atom. The number of anilines is 2. The molecule has 1 aromatic carbocycles.